The second kappa shape index (κ2) is 4.04. The zero-order valence-electron chi connectivity index (χ0n) is 8.43. The number of hydrazine groups is 1. The minimum absolute atomic E-state index is 0.760. The van der Waals surface area contributed by atoms with Crippen molar-refractivity contribution in [3.05, 3.63) is 28.1 Å². The van der Waals surface area contributed by atoms with Crippen LogP contribution in [0.4, 0.5) is 5.82 Å². The molecule has 0 saturated carbocycles. The number of aromatic nitrogens is 2. The standard InChI is InChI=1S/C10H10N4S2/c11-14-10-7-4-16-5-8(7)12-9(13-10)6-1-2-15-3-6/h1-3H,4-5,11H2,(H,12,13,14). The molecule has 3 N–H and O–H groups in total. The van der Waals surface area contributed by atoms with Gasteiger partial charge in [-0.1, -0.05) is 0 Å². The summed E-state index contributed by atoms with van der Waals surface area (Å²) in [5, 5.41) is 4.07. The quantitative estimate of drug-likeness (QED) is 0.632. The Bertz CT molecular complexity index is 510. The largest absolute Gasteiger partial charge is 0.308 e. The molecule has 0 atom stereocenters. The highest BCUT2D eigenvalue weighted by molar-refractivity contribution is 7.98. The van der Waals surface area contributed by atoms with Crippen molar-refractivity contribution in [2.45, 2.75) is 11.5 Å². The van der Waals surface area contributed by atoms with E-state index >= 15 is 0 Å². The third kappa shape index (κ3) is 1.59. The van der Waals surface area contributed by atoms with Gasteiger partial charge in [-0.2, -0.15) is 23.1 Å². The number of nitrogens with one attached hydrogen (secondary N) is 1. The number of nitrogen functional groups attached to an aromatic ring is 1. The number of nitrogens with zero attached hydrogens (tertiary/aromatic N) is 2. The number of thiophene rings is 1. The molecule has 2 aromatic rings. The lowest BCUT2D eigenvalue weighted by atomic mass is 10.2. The normalized spacial score (nSPS) is 13.8. The van der Waals surface area contributed by atoms with Gasteiger partial charge in [0.1, 0.15) is 5.82 Å². The van der Waals surface area contributed by atoms with Crippen LogP contribution in [-0.4, -0.2) is 9.97 Å². The maximum absolute atomic E-state index is 5.50. The lowest BCUT2D eigenvalue weighted by Crippen LogP contribution is -2.12. The van der Waals surface area contributed by atoms with Crippen LogP contribution >= 0.6 is 23.1 Å². The van der Waals surface area contributed by atoms with Crippen molar-refractivity contribution >= 4 is 28.9 Å². The van der Waals surface area contributed by atoms with E-state index in [0.717, 1.165) is 40.0 Å². The van der Waals surface area contributed by atoms with Gasteiger partial charge in [0.25, 0.3) is 0 Å². The molecule has 0 aromatic carbocycles. The SMILES string of the molecule is NNc1nc(-c2ccsc2)nc2c1CSC2. The number of rotatable bonds is 2. The van der Waals surface area contributed by atoms with Crippen molar-refractivity contribution in [2.24, 2.45) is 5.84 Å². The van der Waals surface area contributed by atoms with Crippen molar-refractivity contribution < 1.29 is 0 Å². The van der Waals surface area contributed by atoms with Gasteiger partial charge in [-0.15, -0.1) is 0 Å². The number of nitrogens with two attached hydrogens (primary N) is 1. The molecule has 0 bridgehead atoms. The summed E-state index contributed by atoms with van der Waals surface area (Å²) >= 11 is 3.49. The Morgan fingerprint density at radius 1 is 1.31 bits per heavy atom. The monoisotopic (exact) mass is 250 g/mol. The van der Waals surface area contributed by atoms with Gasteiger partial charge >= 0.3 is 0 Å². The first-order chi connectivity index (χ1) is 7.88. The Morgan fingerprint density at radius 2 is 2.25 bits per heavy atom. The molecule has 3 heterocycles. The van der Waals surface area contributed by atoms with Crippen molar-refractivity contribution in [3.8, 4) is 11.4 Å². The molecule has 3 rings (SSSR count). The summed E-state index contributed by atoms with van der Waals surface area (Å²) in [6.45, 7) is 0. The fourth-order valence-electron chi connectivity index (χ4n) is 1.69. The number of fused-ring (bicyclic) bond motifs is 1. The summed E-state index contributed by atoms with van der Waals surface area (Å²) in [6, 6.07) is 2.02. The first-order valence-corrected chi connectivity index (χ1v) is 6.95. The number of hydrogen-bond acceptors (Lipinski definition) is 6. The van der Waals surface area contributed by atoms with E-state index in [1.54, 1.807) is 11.3 Å². The van der Waals surface area contributed by atoms with E-state index in [0.29, 0.717) is 0 Å². The third-order valence-corrected chi connectivity index (χ3v) is 4.15. The molecule has 1 aliphatic rings. The molecule has 1 aliphatic heterocycles. The fraction of sp³-hybridized carbons (Fsp3) is 0.200. The van der Waals surface area contributed by atoms with E-state index in [9.17, 15) is 0 Å². The minimum atomic E-state index is 0.760. The maximum Gasteiger partial charge on any atom is 0.162 e. The van der Waals surface area contributed by atoms with E-state index < -0.39 is 0 Å². The molecule has 0 spiro atoms. The van der Waals surface area contributed by atoms with Gasteiger partial charge in [0.2, 0.25) is 0 Å². The van der Waals surface area contributed by atoms with E-state index in [1.807, 2.05) is 28.6 Å². The highest BCUT2D eigenvalue weighted by Crippen LogP contribution is 2.34. The molecule has 0 unspecified atom stereocenters. The zero-order valence-corrected chi connectivity index (χ0v) is 10.1. The summed E-state index contributed by atoms with van der Waals surface area (Å²) in [5.74, 6) is 8.91. The lowest BCUT2D eigenvalue weighted by molar-refractivity contribution is 1.06. The summed E-state index contributed by atoms with van der Waals surface area (Å²) < 4.78 is 0. The number of anilines is 1. The van der Waals surface area contributed by atoms with Crippen LogP contribution in [0.1, 0.15) is 11.3 Å². The van der Waals surface area contributed by atoms with Crippen LogP contribution in [0.2, 0.25) is 0 Å². The average molecular weight is 250 g/mol. The van der Waals surface area contributed by atoms with Crippen LogP contribution in [0, 0.1) is 0 Å². The predicted octanol–water partition coefficient (Wildman–Crippen LogP) is 2.24. The molecule has 6 heteroatoms. The molecule has 16 heavy (non-hydrogen) atoms. The van der Waals surface area contributed by atoms with E-state index in [2.05, 4.69) is 15.4 Å². The third-order valence-electron chi connectivity index (χ3n) is 2.49. The van der Waals surface area contributed by atoms with Gasteiger partial charge in [0.05, 0.1) is 5.69 Å². The highest BCUT2D eigenvalue weighted by Gasteiger charge is 2.19. The van der Waals surface area contributed by atoms with Crippen LogP contribution in [0.5, 0.6) is 0 Å². The van der Waals surface area contributed by atoms with Crippen LogP contribution in [0.15, 0.2) is 16.8 Å². The van der Waals surface area contributed by atoms with E-state index in [-0.39, 0.29) is 0 Å². The first kappa shape index (κ1) is 10.1. The first-order valence-electron chi connectivity index (χ1n) is 4.85. The Kier molecular flexibility index (Phi) is 2.55. The fourth-order valence-corrected chi connectivity index (χ4v) is 3.37. The van der Waals surface area contributed by atoms with Crippen molar-refractivity contribution in [3.63, 3.8) is 0 Å². The van der Waals surface area contributed by atoms with Gasteiger partial charge in [0, 0.05) is 28.0 Å². The van der Waals surface area contributed by atoms with Crippen molar-refractivity contribution in [2.75, 3.05) is 5.43 Å². The Labute approximate surface area is 101 Å². The number of hydrogen-bond donors (Lipinski definition) is 2. The molecule has 0 saturated heterocycles. The van der Waals surface area contributed by atoms with Crippen molar-refractivity contribution in [1.82, 2.24) is 9.97 Å². The summed E-state index contributed by atoms with van der Waals surface area (Å²) in [7, 11) is 0. The molecule has 2 aromatic heterocycles. The second-order valence-corrected chi connectivity index (χ2v) is 5.24. The molecule has 0 amide bonds. The summed E-state index contributed by atoms with van der Waals surface area (Å²) in [5.41, 5.74) is 5.98. The van der Waals surface area contributed by atoms with Crippen LogP contribution in [0.3, 0.4) is 0 Å². The number of thioether (sulfide) groups is 1. The van der Waals surface area contributed by atoms with Gasteiger partial charge in [-0.05, 0) is 11.4 Å². The van der Waals surface area contributed by atoms with Crippen LogP contribution in [0.25, 0.3) is 11.4 Å². The molecule has 0 fully saturated rings. The lowest BCUT2D eigenvalue weighted by Gasteiger charge is -2.07. The van der Waals surface area contributed by atoms with Gasteiger partial charge in [0.15, 0.2) is 5.82 Å². The molecule has 0 aliphatic carbocycles. The average Bonchev–Trinajstić information content (AvgIpc) is 2.97. The molecular formula is C10H10N4S2. The smallest absolute Gasteiger partial charge is 0.162 e. The molecular weight excluding hydrogens is 240 g/mol. The zero-order chi connectivity index (χ0) is 11.0. The minimum Gasteiger partial charge on any atom is -0.308 e. The van der Waals surface area contributed by atoms with Gasteiger partial charge < -0.3 is 5.43 Å². The van der Waals surface area contributed by atoms with Crippen molar-refractivity contribution in [1.29, 1.82) is 0 Å². The topological polar surface area (TPSA) is 63.8 Å². The Hall–Kier alpha value is -1.11. The molecule has 4 nitrogen and oxygen atoms in total. The molecule has 0 radical (unpaired) electrons. The highest BCUT2D eigenvalue weighted by atomic mass is 32.2. The van der Waals surface area contributed by atoms with Crippen LogP contribution in [-0.2, 0) is 11.5 Å². The Morgan fingerprint density at radius 3 is 3.00 bits per heavy atom. The van der Waals surface area contributed by atoms with E-state index in [1.165, 1.54) is 0 Å². The summed E-state index contributed by atoms with van der Waals surface area (Å²) in [4.78, 5) is 9.03. The van der Waals surface area contributed by atoms with Gasteiger partial charge in [-0.25, -0.2) is 15.8 Å². The summed E-state index contributed by atoms with van der Waals surface area (Å²) in [6.07, 6.45) is 0. The van der Waals surface area contributed by atoms with Gasteiger partial charge in [-0.3, -0.25) is 0 Å². The molecule has 82 valence electrons. The van der Waals surface area contributed by atoms with E-state index in [4.69, 9.17) is 5.84 Å². The second-order valence-electron chi connectivity index (χ2n) is 3.47. The van der Waals surface area contributed by atoms with Crippen LogP contribution < -0.4 is 11.3 Å². The maximum atomic E-state index is 5.50. The predicted molar refractivity (Wildman–Crippen MR) is 68.2 cm³/mol. The Balaban J connectivity index is 2.15.